The Balaban J connectivity index is 3.55. The fourth-order valence-corrected chi connectivity index (χ4v) is 1.49. The van der Waals surface area contributed by atoms with Gasteiger partial charge in [-0.15, -0.1) is 0 Å². The van der Waals surface area contributed by atoms with E-state index in [4.69, 9.17) is 0 Å². The number of allylic oxidation sites excluding steroid dienone is 2. The molecule has 0 radical (unpaired) electrons. The summed E-state index contributed by atoms with van der Waals surface area (Å²) in [5.74, 6) is -0.162. The van der Waals surface area contributed by atoms with Crippen LogP contribution in [0.1, 0.15) is 51.7 Å². The molecule has 0 spiro atoms. The molecule has 1 rings (SSSR count). The summed E-state index contributed by atoms with van der Waals surface area (Å²) in [7, 11) is 0. The molecule has 1 heterocycles. The van der Waals surface area contributed by atoms with Crippen molar-refractivity contribution in [1.29, 1.82) is 0 Å². The molecule has 0 aromatic carbocycles. The van der Waals surface area contributed by atoms with E-state index in [2.05, 4.69) is 37.3 Å². The molecule has 0 fully saturated rings. The highest BCUT2D eigenvalue weighted by Crippen LogP contribution is 2.26. The molecule has 4 heteroatoms. The van der Waals surface area contributed by atoms with Gasteiger partial charge in [0.25, 0.3) is 5.56 Å². The van der Waals surface area contributed by atoms with Crippen LogP contribution in [0.3, 0.4) is 0 Å². The molecule has 0 amide bonds. The van der Waals surface area contributed by atoms with Gasteiger partial charge in [-0.1, -0.05) is 39.0 Å². The Hall–Kier alpha value is -2.10. The van der Waals surface area contributed by atoms with Gasteiger partial charge >= 0.3 is 0 Å². The van der Waals surface area contributed by atoms with Crippen LogP contribution in [0, 0.1) is 5.41 Å². The molecule has 0 aliphatic carbocycles. The summed E-state index contributed by atoms with van der Waals surface area (Å²) in [6.45, 7) is 13.5. The minimum absolute atomic E-state index is 0.0289. The third-order valence-electron chi connectivity index (χ3n) is 3.13. The zero-order valence-corrected chi connectivity index (χ0v) is 12.7. The lowest BCUT2D eigenvalue weighted by Gasteiger charge is -2.19. The van der Waals surface area contributed by atoms with E-state index >= 15 is 0 Å². The van der Waals surface area contributed by atoms with Crippen molar-refractivity contribution < 1.29 is 5.11 Å². The van der Waals surface area contributed by atoms with Crippen LogP contribution in [0.15, 0.2) is 23.0 Å². The molecule has 20 heavy (non-hydrogen) atoms. The zero-order chi connectivity index (χ0) is 15.5. The molecule has 4 nitrogen and oxygen atoms in total. The summed E-state index contributed by atoms with van der Waals surface area (Å²) in [5.41, 5.74) is 1.76. The van der Waals surface area contributed by atoms with Gasteiger partial charge in [-0.05, 0) is 31.4 Å². The maximum atomic E-state index is 12.2. The summed E-state index contributed by atoms with van der Waals surface area (Å²) in [6, 6.07) is 0. The van der Waals surface area contributed by atoms with Gasteiger partial charge in [0, 0.05) is 0 Å². The molecule has 0 unspecified atom stereocenters. The minimum atomic E-state index is -0.290. The first-order chi connectivity index (χ1) is 9.16. The van der Waals surface area contributed by atoms with Crippen molar-refractivity contribution in [2.75, 3.05) is 0 Å². The first kappa shape index (κ1) is 16.0. The second-order valence-corrected chi connectivity index (χ2v) is 5.74. The number of aromatic amines is 1. The Morgan fingerprint density at radius 3 is 2.45 bits per heavy atom. The first-order valence-electron chi connectivity index (χ1n) is 6.51. The highest BCUT2D eigenvalue weighted by Gasteiger charge is 2.15. The van der Waals surface area contributed by atoms with Crippen LogP contribution < -0.4 is 5.56 Å². The molecule has 108 valence electrons. The molecule has 1 aromatic heterocycles. The molecular formula is C16H22N2O2. The van der Waals surface area contributed by atoms with Crippen molar-refractivity contribution in [3.8, 4) is 0 Å². The summed E-state index contributed by atoms with van der Waals surface area (Å²) in [5, 5.41) is 9.38. The van der Waals surface area contributed by atoms with Gasteiger partial charge in [0.2, 0.25) is 0 Å². The normalized spacial score (nSPS) is 12.9. The van der Waals surface area contributed by atoms with E-state index in [-0.39, 0.29) is 22.6 Å². The molecule has 2 N–H and O–H groups in total. The van der Waals surface area contributed by atoms with Crippen LogP contribution in [0.5, 0.6) is 0 Å². The molecule has 0 aliphatic heterocycles. The Morgan fingerprint density at radius 1 is 1.40 bits per heavy atom. The van der Waals surface area contributed by atoms with Gasteiger partial charge in [-0.3, -0.25) is 4.79 Å². The molecule has 0 aliphatic rings. The second kappa shape index (κ2) is 5.90. The smallest absolute Gasteiger partial charge is 0.259 e. The Kier molecular flexibility index (Phi) is 4.71. The first-order valence-corrected chi connectivity index (χ1v) is 6.51. The molecule has 0 atom stereocenters. The van der Waals surface area contributed by atoms with Crippen LogP contribution in [0.4, 0.5) is 0 Å². The van der Waals surface area contributed by atoms with E-state index in [1.165, 1.54) is 0 Å². The number of H-pyrrole nitrogens is 1. The fourth-order valence-electron chi connectivity index (χ4n) is 1.49. The number of nitrogens with one attached hydrogen (secondary N) is 1. The van der Waals surface area contributed by atoms with E-state index < -0.39 is 0 Å². The SMILES string of the molecule is C=C(O)c1nc(/C=C/C)c(/C=C(\C)C(C)(C)C)c(=O)[nH]1. The molecule has 0 saturated heterocycles. The summed E-state index contributed by atoms with van der Waals surface area (Å²) >= 11 is 0. The lowest BCUT2D eigenvalue weighted by Crippen LogP contribution is -2.17. The van der Waals surface area contributed by atoms with Gasteiger partial charge in [0.15, 0.2) is 11.6 Å². The Labute approximate surface area is 119 Å². The standard InChI is InChI=1S/C16H22N2O2/c1-7-8-13-12(9-10(2)16(4,5)6)15(20)18-14(17-13)11(3)19/h7-9,19H,3H2,1-2,4-6H3,(H,17,18,20)/b8-7+,10-9+. The van der Waals surface area contributed by atoms with Crippen LogP contribution in [-0.2, 0) is 0 Å². The van der Waals surface area contributed by atoms with E-state index in [1.807, 2.05) is 19.9 Å². The van der Waals surface area contributed by atoms with E-state index in [1.54, 1.807) is 12.2 Å². The molecular weight excluding hydrogens is 252 g/mol. The fraction of sp³-hybridized carbons (Fsp3) is 0.375. The predicted molar refractivity (Wildman–Crippen MR) is 84.3 cm³/mol. The number of aromatic nitrogens is 2. The van der Waals surface area contributed by atoms with Crippen molar-refractivity contribution in [2.24, 2.45) is 5.41 Å². The van der Waals surface area contributed by atoms with Crippen LogP contribution in [-0.4, -0.2) is 15.1 Å². The minimum Gasteiger partial charge on any atom is -0.505 e. The van der Waals surface area contributed by atoms with Gasteiger partial charge < -0.3 is 10.1 Å². The molecule has 1 aromatic rings. The Bertz CT molecular complexity index is 629. The van der Waals surface area contributed by atoms with Crippen molar-refractivity contribution in [3.63, 3.8) is 0 Å². The second-order valence-electron chi connectivity index (χ2n) is 5.74. The van der Waals surface area contributed by atoms with Gasteiger partial charge in [0.05, 0.1) is 11.3 Å². The highest BCUT2D eigenvalue weighted by molar-refractivity contribution is 5.65. The van der Waals surface area contributed by atoms with Crippen LogP contribution >= 0.6 is 0 Å². The lowest BCUT2D eigenvalue weighted by atomic mass is 9.86. The van der Waals surface area contributed by atoms with Crippen LogP contribution in [0.25, 0.3) is 17.9 Å². The van der Waals surface area contributed by atoms with Gasteiger partial charge in [-0.2, -0.15) is 0 Å². The predicted octanol–water partition coefficient (Wildman–Crippen LogP) is 3.78. The van der Waals surface area contributed by atoms with E-state index in [0.29, 0.717) is 11.3 Å². The highest BCUT2D eigenvalue weighted by atomic mass is 16.3. The maximum absolute atomic E-state index is 12.2. The number of aliphatic hydroxyl groups excluding tert-OH is 1. The van der Waals surface area contributed by atoms with Crippen molar-refractivity contribution >= 4 is 17.9 Å². The summed E-state index contributed by atoms with van der Waals surface area (Å²) < 4.78 is 0. The van der Waals surface area contributed by atoms with Crippen molar-refractivity contribution in [1.82, 2.24) is 9.97 Å². The Morgan fingerprint density at radius 2 is 2.00 bits per heavy atom. The topological polar surface area (TPSA) is 66.0 Å². The third-order valence-corrected chi connectivity index (χ3v) is 3.13. The van der Waals surface area contributed by atoms with Crippen LogP contribution in [0.2, 0.25) is 0 Å². The average Bonchev–Trinajstić information content (AvgIpc) is 2.31. The number of rotatable bonds is 3. The number of hydrogen-bond donors (Lipinski definition) is 2. The quantitative estimate of drug-likeness (QED) is 0.824. The lowest BCUT2D eigenvalue weighted by molar-refractivity contribution is 0.505. The van der Waals surface area contributed by atoms with Gasteiger partial charge in [-0.25, -0.2) is 4.98 Å². The average molecular weight is 274 g/mol. The maximum Gasteiger partial charge on any atom is 0.259 e. The number of nitrogens with zero attached hydrogens (tertiary/aromatic N) is 1. The van der Waals surface area contributed by atoms with Crippen molar-refractivity contribution in [3.05, 3.63) is 45.7 Å². The number of hydrogen-bond acceptors (Lipinski definition) is 3. The number of aliphatic hydroxyl groups is 1. The van der Waals surface area contributed by atoms with E-state index in [0.717, 1.165) is 5.57 Å². The third kappa shape index (κ3) is 3.70. The largest absolute Gasteiger partial charge is 0.505 e. The van der Waals surface area contributed by atoms with E-state index in [9.17, 15) is 9.90 Å². The monoisotopic (exact) mass is 274 g/mol. The zero-order valence-electron chi connectivity index (χ0n) is 12.7. The summed E-state index contributed by atoms with van der Waals surface area (Å²) in [4.78, 5) is 18.9. The summed E-state index contributed by atoms with van der Waals surface area (Å²) in [6.07, 6.45) is 5.38. The van der Waals surface area contributed by atoms with Crippen molar-refractivity contribution in [2.45, 2.75) is 34.6 Å². The molecule has 0 saturated carbocycles. The van der Waals surface area contributed by atoms with Gasteiger partial charge in [0.1, 0.15) is 0 Å². The molecule has 0 bridgehead atoms.